The Labute approximate surface area is 120 Å². The summed E-state index contributed by atoms with van der Waals surface area (Å²) in [5.74, 6) is 0.536. The van der Waals surface area contributed by atoms with Crippen molar-refractivity contribution in [1.82, 2.24) is 5.32 Å². The van der Waals surface area contributed by atoms with Crippen LogP contribution in [0.15, 0.2) is 24.3 Å². The molecule has 0 saturated carbocycles. The number of amides is 1. The molecule has 1 rings (SSSR count). The molecule has 0 saturated heterocycles. The second-order valence-electron chi connectivity index (χ2n) is 5.00. The lowest BCUT2D eigenvalue weighted by Gasteiger charge is -2.21. The summed E-state index contributed by atoms with van der Waals surface area (Å²) in [4.78, 5) is 11.9. The molecule has 0 aliphatic rings. The second kappa shape index (κ2) is 7.87. The summed E-state index contributed by atoms with van der Waals surface area (Å²) in [5.41, 5.74) is 6.63. The van der Waals surface area contributed by atoms with Gasteiger partial charge < -0.3 is 20.5 Å². The highest BCUT2D eigenvalue weighted by molar-refractivity contribution is 5.82. The summed E-state index contributed by atoms with van der Waals surface area (Å²) < 4.78 is 10.6. The first-order valence-corrected chi connectivity index (χ1v) is 6.76. The van der Waals surface area contributed by atoms with Gasteiger partial charge in [0.05, 0.1) is 18.8 Å². The van der Waals surface area contributed by atoms with Crippen molar-refractivity contribution in [3.63, 3.8) is 0 Å². The molecular formula is C15H24N2O3. The number of hydrogen-bond acceptors (Lipinski definition) is 4. The Morgan fingerprint density at radius 1 is 1.30 bits per heavy atom. The molecule has 0 radical (unpaired) electrons. The number of benzene rings is 1. The van der Waals surface area contributed by atoms with Crippen LogP contribution in [0.1, 0.15) is 32.4 Å². The van der Waals surface area contributed by atoms with Crippen LogP contribution in [0.4, 0.5) is 0 Å². The van der Waals surface area contributed by atoms with E-state index in [1.54, 1.807) is 0 Å². The maximum Gasteiger partial charge on any atom is 0.239 e. The van der Waals surface area contributed by atoms with Crippen LogP contribution >= 0.6 is 0 Å². The fraction of sp³-hybridized carbons (Fsp3) is 0.533. The van der Waals surface area contributed by atoms with E-state index in [2.05, 4.69) is 5.32 Å². The highest BCUT2D eigenvalue weighted by Crippen LogP contribution is 2.25. The van der Waals surface area contributed by atoms with Gasteiger partial charge in [-0.15, -0.1) is 0 Å². The lowest BCUT2D eigenvalue weighted by molar-refractivity contribution is -0.124. The number of nitrogens with one attached hydrogen (secondary N) is 1. The van der Waals surface area contributed by atoms with Crippen molar-refractivity contribution in [3.05, 3.63) is 29.8 Å². The third-order valence-corrected chi connectivity index (χ3v) is 2.79. The van der Waals surface area contributed by atoms with Gasteiger partial charge in [0.2, 0.25) is 5.91 Å². The van der Waals surface area contributed by atoms with Crippen molar-refractivity contribution in [3.8, 4) is 5.75 Å². The number of carbonyl (C=O) groups excluding carboxylic acids is 1. The van der Waals surface area contributed by atoms with E-state index in [1.807, 2.05) is 45.0 Å². The molecule has 5 heteroatoms. The molecule has 20 heavy (non-hydrogen) atoms. The van der Waals surface area contributed by atoms with E-state index in [1.165, 1.54) is 7.11 Å². The van der Waals surface area contributed by atoms with Gasteiger partial charge in [-0.05, 0) is 26.8 Å². The van der Waals surface area contributed by atoms with E-state index in [0.29, 0.717) is 0 Å². The molecule has 0 heterocycles. The van der Waals surface area contributed by atoms with Gasteiger partial charge in [-0.2, -0.15) is 0 Å². The molecular weight excluding hydrogens is 256 g/mol. The molecule has 3 N–H and O–H groups in total. The Bertz CT molecular complexity index is 435. The van der Waals surface area contributed by atoms with Gasteiger partial charge in [-0.1, -0.05) is 18.2 Å². The molecule has 0 spiro atoms. The number of rotatable bonds is 7. The van der Waals surface area contributed by atoms with Crippen LogP contribution in [0, 0.1) is 0 Å². The van der Waals surface area contributed by atoms with Crippen molar-refractivity contribution in [2.45, 2.75) is 39.0 Å². The summed E-state index contributed by atoms with van der Waals surface area (Å²) in [6, 6.07) is 6.81. The van der Waals surface area contributed by atoms with E-state index in [9.17, 15) is 4.79 Å². The lowest BCUT2D eigenvalue weighted by atomic mass is 10.1. The topological polar surface area (TPSA) is 73.6 Å². The Morgan fingerprint density at radius 2 is 1.95 bits per heavy atom. The van der Waals surface area contributed by atoms with E-state index in [-0.39, 0.29) is 24.7 Å². The van der Waals surface area contributed by atoms with Gasteiger partial charge in [0, 0.05) is 12.7 Å². The molecule has 0 aliphatic heterocycles. The highest BCUT2D eigenvalue weighted by atomic mass is 16.5. The number of ether oxygens (including phenoxy) is 2. The number of nitrogens with two attached hydrogens (primary N) is 1. The Balaban J connectivity index is 2.76. The van der Waals surface area contributed by atoms with Gasteiger partial charge in [0.15, 0.2) is 0 Å². The van der Waals surface area contributed by atoms with Gasteiger partial charge in [-0.25, -0.2) is 0 Å². The molecule has 0 fully saturated rings. The zero-order valence-corrected chi connectivity index (χ0v) is 12.6. The lowest BCUT2D eigenvalue weighted by Crippen LogP contribution is -2.44. The van der Waals surface area contributed by atoms with Gasteiger partial charge in [0.25, 0.3) is 0 Å². The first-order valence-electron chi connectivity index (χ1n) is 6.76. The van der Waals surface area contributed by atoms with Crippen molar-refractivity contribution in [1.29, 1.82) is 0 Å². The van der Waals surface area contributed by atoms with Crippen LogP contribution in [0.25, 0.3) is 0 Å². The maximum atomic E-state index is 11.9. The Morgan fingerprint density at radius 3 is 2.55 bits per heavy atom. The van der Waals surface area contributed by atoms with Crippen LogP contribution in [0.3, 0.4) is 0 Å². The smallest absolute Gasteiger partial charge is 0.239 e. The zero-order chi connectivity index (χ0) is 15.1. The van der Waals surface area contributed by atoms with Crippen LogP contribution in [0.2, 0.25) is 0 Å². The van der Waals surface area contributed by atoms with Gasteiger partial charge >= 0.3 is 0 Å². The van der Waals surface area contributed by atoms with E-state index < -0.39 is 6.04 Å². The maximum absolute atomic E-state index is 11.9. The highest BCUT2D eigenvalue weighted by Gasteiger charge is 2.18. The molecule has 1 aromatic rings. The first-order chi connectivity index (χ1) is 9.45. The predicted octanol–water partition coefficient (Wildman–Crippen LogP) is 1.62. The summed E-state index contributed by atoms with van der Waals surface area (Å²) in [6.45, 7) is 6.03. The van der Waals surface area contributed by atoms with Crippen LogP contribution in [-0.2, 0) is 9.53 Å². The standard InChI is InChI=1S/C15H24N2O3/c1-10(2)20-14-8-6-5-7-12(14)11(3)17-15(18)13(16)9-19-4/h5-8,10-11,13H,9,16H2,1-4H3,(H,17,18). The predicted molar refractivity (Wildman–Crippen MR) is 78.6 cm³/mol. The summed E-state index contributed by atoms with van der Waals surface area (Å²) >= 11 is 0. The van der Waals surface area contributed by atoms with E-state index in [4.69, 9.17) is 15.2 Å². The second-order valence-corrected chi connectivity index (χ2v) is 5.00. The van der Waals surface area contributed by atoms with Crippen LogP contribution < -0.4 is 15.8 Å². The van der Waals surface area contributed by atoms with Crippen molar-refractivity contribution in [2.75, 3.05) is 13.7 Å². The number of hydrogen-bond donors (Lipinski definition) is 2. The van der Waals surface area contributed by atoms with Crippen molar-refractivity contribution < 1.29 is 14.3 Å². The van der Waals surface area contributed by atoms with Crippen LogP contribution in [-0.4, -0.2) is 31.8 Å². The molecule has 2 unspecified atom stereocenters. The van der Waals surface area contributed by atoms with Crippen molar-refractivity contribution >= 4 is 5.91 Å². The number of para-hydroxylation sites is 1. The quantitative estimate of drug-likeness (QED) is 0.796. The van der Waals surface area contributed by atoms with Gasteiger partial charge in [0.1, 0.15) is 11.8 Å². The molecule has 5 nitrogen and oxygen atoms in total. The third-order valence-electron chi connectivity index (χ3n) is 2.79. The van der Waals surface area contributed by atoms with Crippen molar-refractivity contribution in [2.24, 2.45) is 5.73 Å². The Hall–Kier alpha value is -1.59. The minimum Gasteiger partial charge on any atom is -0.491 e. The molecule has 1 aromatic carbocycles. The molecule has 0 aromatic heterocycles. The van der Waals surface area contributed by atoms with Gasteiger partial charge in [-0.3, -0.25) is 4.79 Å². The fourth-order valence-electron chi connectivity index (χ4n) is 1.85. The minimum absolute atomic E-state index is 0.0785. The monoisotopic (exact) mass is 280 g/mol. The summed E-state index contributed by atoms with van der Waals surface area (Å²) in [5, 5.41) is 2.87. The molecule has 112 valence electrons. The summed E-state index contributed by atoms with van der Waals surface area (Å²) in [6.07, 6.45) is 0.0785. The molecule has 0 bridgehead atoms. The average molecular weight is 280 g/mol. The Kier molecular flexibility index (Phi) is 6.48. The fourth-order valence-corrected chi connectivity index (χ4v) is 1.85. The molecule has 0 aliphatic carbocycles. The molecule has 2 atom stereocenters. The number of methoxy groups -OCH3 is 1. The average Bonchev–Trinajstić information content (AvgIpc) is 2.38. The minimum atomic E-state index is -0.666. The largest absolute Gasteiger partial charge is 0.491 e. The van der Waals surface area contributed by atoms with Crippen LogP contribution in [0.5, 0.6) is 5.75 Å². The molecule has 1 amide bonds. The third kappa shape index (κ3) is 4.83. The zero-order valence-electron chi connectivity index (χ0n) is 12.6. The normalized spacial score (nSPS) is 13.9. The van der Waals surface area contributed by atoms with E-state index >= 15 is 0 Å². The number of carbonyl (C=O) groups is 1. The first kappa shape index (κ1) is 16.5. The van der Waals surface area contributed by atoms with E-state index in [0.717, 1.165) is 11.3 Å². The summed E-state index contributed by atoms with van der Waals surface area (Å²) in [7, 11) is 1.52. The SMILES string of the molecule is COCC(N)C(=O)NC(C)c1ccccc1OC(C)C.